The van der Waals surface area contributed by atoms with Crippen LogP contribution in [0.15, 0.2) is 24.3 Å². The van der Waals surface area contributed by atoms with E-state index in [1.807, 2.05) is 12.1 Å². The van der Waals surface area contributed by atoms with E-state index in [2.05, 4.69) is 5.32 Å². The first-order valence-electron chi connectivity index (χ1n) is 5.80. The number of carbonyl (C=O) groups excluding carboxylic acids is 1. The van der Waals surface area contributed by atoms with Gasteiger partial charge in [-0.2, -0.15) is 0 Å². The van der Waals surface area contributed by atoms with Crippen LogP contribution in [-0.2, 0) is 9.84 Å². The molecule has 6 heteroatoms. The number of sulfone groups is 1. The van der Waals surface area contributed by atoms with E-state index in [9.17, 15) is 13.2 Å². The Bertz CT molecular complexity index is 540. The van der Waals surface area contributed by atoms with Crippen molar-refractivity contribution in [3.05, 3.63) is 29.8 Å². The molecule has 2 rings (SSSR count). The van der Waals surface area contributed by atoms with Crippen molar-refractivity contribution in [3.63, 3.8) is 0 Å². The van der Waals surface area contributed by atoms with Crippen molar-refractivity contribution in [2.24, 2.45) is 0 Å². The van der Waals surface area contributed by atoms with Crippen LogP contribution >= 0.6 is 0 Å². The number of hydrogen-bond acceptors (Lipinski definition) is 4. The summed E-state index contributed by atoms with van der Waals surface area (Å²) < 4.78 is 22.7. The number of para-hydroxylation sites is 1. The van der Waals surface area contributed by atoms with Crippen LogP contribution in [0.2, 0.25) is 0 Å². The standard InChI is InChI=1S/C12H16N2O3S/c1-13-11-5-3-2-4-10(11)12(15)14-6-8-18(16,17)9-7-14/h2-5,13H,6-9H2,1H3. The first-order valence-corrected chi connectivity index (χ1v) is 7.62. The monoisotopic (exact) mass is 268 g/mol. The number of nitrogens with one attached hydrogen (secondary N) is 1. The normalized spacial score (nSPS) is 18.4. The van der Waals surface area contributed by atoms with E-state index >= 15 is 0 Å². The average Bonchev–Trinajstić information content (AvgIpc) is 2.38. The molecule has 0 unspecified atom stereocenters. The predicted molar refractivity (Wildman–Crippen MR) is 70.5 cm³/mol. The number of rotatable bonds is 2. The summed E-state index contributed by atoms with van der Waals surface area (Å²) in [4.78, 5) is 13.9. The number of amides is 1. The zero-order valence-corrected chi connectivity index (χ0v) is 11.0. The fraction of sp³-hybridized carbons (Fsp3) is 0.417. The maximum absolute atomic E-state index is 12.3. The minimum atomic E-state index is -2.96. The Kier molecular flexibility index (Phi) is 3.56. The summed E-state index contributed by atoms with van der Waals surface area (Å²) in [7, 11) is -1.20. The van der Waals surface area contributed by atoms with E-state index in [-0.39, 0.29) is 30.5 Å². The molecule has 1 amide bonds. The second-order valence-electron chi connectivity index (χ2n) is 4.24. The number of benzene rings is 1. The fourth-order valence-electron chi connectivity index (χ4n) is 1.97. The lowest BCUT2D eigenvalue weighted by Crippen LogP contribution is -2.43. The first-order chi connectivity index (χ1) is 8.53. The Morgan fingerprint density at radius 2 is 1.83 bits per heavy atom. The van der Waals surface area contributed by atoms with Crippen molar-refractivity contribution in [1.29, 1.82) is 0 Å². The summed E-state index contributed by atoms with van der Waals surface area (Å²) in [6.45, 7) is 0.554. The van der Waals surface area contributed by atoms with Crippen LogP contribution in [0.3, 0.4) is 0 Å². The first kappa shape index (κ1) is 12.9. The van der Waals surface area contributed by atoms with E-state index in [1.54, 1.807) is 24.1 Å². The highest BCUT2D eigenvalue weighted by molar-refractivity contribution is 7.91. The minimum Gasteiger partial charge on any atom is -0.387 e. The zero-order chi connectivity index (χ0) is 13.2. The van der Waals surface area contributed by atoms with Crippen LogP contribution in [0.5, 0.6) is 0 Å². The van der Waals surface area contributed by atoms with Gasteiger partial charge in [0.05, 0.1) is 17.1 Å². The lowest BCUT2D eigenvalue weighted by atomic mass is 10.1. The molecule has 0 bridgehead atoms. The van der Waals surface area contributed by atoms with Gasteiger partial charge in [0.2, 0.25) is 0 Å². The Balaban J connectivity index is 2.17. The summed E-state index contributed by atoms with van der Waals surface area (Å²) in [5.41, 5.74) is 1.34. The molecule has 0 aromatic heterocycles. The summed E-state index contributed by atoms with van der Waals surface area (Å²) in [6, 6.07) is 7.23. The zero-order valence-electron chi connectivity index (χ0n) is 10.2. The van der Waals surface area contributed by atoms with Gasteiger partial charge in [-0.25, -0.2) is 8.42 Å². The van der Waals surface area contributed by atoms with Crippen molar-refractivity contribution in [1.82, 2.24) is 4.90 Å². The van der Waals surface area contributed by atoms with Crippen LogP contribution < -0.4 is 5.32 Å². The fourth-order valence-corrected chi connectivity index (χ4v) is 3.17. The van der Waals surface area contributed by atoms with Crippen molar-refractivity contribution in [2.75, 3.05) is 37.0 Å². The Hall–Kier alpha value is -1.56. The molecule has 0 aliphatic carbocycles. The molecule has 0 atom stereocenters. The minimum absolute atomic E-state index is 0.0560. The predicted octanol–water partition coefficient (Wildman–Crippen LogP) is 0.599. The van der Waals surface area contributed by atoms with Gasteiger partial charge in [-0.15, -0.1) is 0 Å². The molecule has 18 heavy (non-hydrogen) atoms. The average molecular weight is 268 g/mol. The lowest BCUT2D eigenvalue weighted by Gasteiger charge is -2.27. The summed E-state index contributed by atoms with van der Waals surface area (Å²) in [5, 5.41) is 2.97. The molecule has 1 aliphatic rings. The van der Waals surface area contributed by atoms with E-state index < -0.39 is 9.84 Å². The van der Waals surface area contributed by atoms with Gasteiger partial charge in [0.1, 0.15) is 0 Å². The quantitative estimate of drug-likeness (QED) is 0.853. The van der Waals surface area contributed by atoms with Crippen LogP contribution in [0, 0.1) is 0 Å². The molecule has 1 heterocycles. The SMILES string of the molecule is CNc1ccccc1C(=O)N1CCS(=O)(=O)CC1. The largest absolute Gasteiger partial charge is 0.387 e. The molecule has 98 valence electrons. The van der Waals surface area contributed by atoms with Crippen molar-refractivity contribution < 1.29 is 13.2 Å². The highest BCUT2D eigenvalue weighted by Crippen LogP contribution is 2.17. The molecule has 1 saturated heterocycles. The number of hydrogen-bond donors (Lipinski definition) is 1. The second kappa shape index (κ2) is 4.97. The highest BCUT2D eigenvalue weighted by Gasteiger charge is 2.26. The third kappa shape index (κ3) is 2.64. The van der Waals surface area contributed by atoms with Crippen LogP contribution in [-0.4, -0.2) is 50.9 Å². The topological polar surface area (TPSA) is 66.5 Å². The highest BCUT2D eigenvalue weighted by atomic mass is 32.2. The molecule has 5 nitrogen and oxygen atoms in total. The maximum Gasteiger partial charge on any atom is 0.256 e. The maximum atomic E-state index is 12.3. The molecular formula is C12H16N2O3S. The molecular weight excluding hydrogens is 252 g/mol. The van der Waals surface area contributed by atoms with Crippen molar-refractivity contribution in [3.8, 4) is 0 Å². The third-order valence-electron chi connectivity index (χ3n) is 3.06. The van der Waals surface area contributed by atoms with E-state index in [0.29, 0.717) is 5.56 Å². The molecule has 1 fully saturated rings. The smallest absolute Gasteiger partial charge is 0.256 e. The van der Waals surface area contributed by atoms with Gasteiger partial charge in [0, 0.05) is 25.8 Å². The van der Waals surface area contributed by atoms with Gasteiger partial charge in [-0.1, -0.05) is 12.1 Å². The van der Waals surface area contributed by atoms with Gasteiger partial charge in [0.25, 0.3) is 5.91 Å². The molecule has 0 radical (unpaired) electrons. The van der Waals surface area contributed by atoms with Gasteiger partial charge < -0.3 is 10.2 Å². The Labute approximate surface area is 107 Å². The molecule has 0 saturated carbocycles. The Morgan fingerprint density at radius 3 is 2.44 bits per heavy atom. The number of nitrogens with zero attached hydrogens (tertiary/aromatic N) is 1. The van der Waals surface area contributed by atoms with Gasteiger partial charge >= 0.3 is 0 Å². The van der Waals surface area contributed by atoms with Crippen LogP contribution in [0.25, 0.3) is 0 Å². The van der Waals surface area contributed by atoms with E-state index in [0.717, 1.165) is 5.69 Å². The van der Waals surface area contributed by atoms with Crippen molar-refractivity contribution in [2.45, 2.75) is 0 Å². The van der Waals surface area contributed by atoms with E-state index in [4.69, 9.17) is 0 Å². The lowest BCUT2D eigenvalue weighted by molar-refractivity contribution is 0.0771. The third-order valence-corrected chi connectivity index (χ3v) is 4.67. The van der Waals surface area contributed by atoms with Gasteiger partial charge in [-0.3, -0.25) is 4.79 Å². The molecule has 1 aliphatic heterocycles. The van der Waals surface area contributed by atoms with Gasteiger partial charge in [0.15, 0.2) is 9.84 Å². The van der Waals surface area contributed by atoms with Gasteiger partial charge in [-0.05, 0) is 12.1 Å². The summed E-state index contributed by atoms with van der Waals surface area (Å²) in [5.74, 6) is -0.00385. The van der Waals surface area contributed by atoms with Crippen molar-refractivity contribution >= 4 is 21.4 Å². The molecule has 0 spiro atoms. The molecule has 1 aromatic carbocycles. The molecule has 1 N–H and O–H groups in total. The summed E-state index contributed by atoms with van der Waals surface area (Å²) in [6.07, 6.45) is 0. The van der Waals surface area contributed by atoms with E-state index in [1.165, 1.54) is 0 Å². The number of carbonyl (C=O) groups is 1. The Morgan fingerprint density at radius 1 is 1.22 bits per heavy atom. The molecule has 1 aromatic rings. The second-order valence-corrected chi connectivity index (χ2v) is 6.54. The van der Waals surface area contributed by atoms with Crippen LogP contribution in [0.1, 0.15) is 10.4 Å². The number of anilines is 1. The van der Waals surface area contributed by atoms with Crippen LogP contribution in [0.4, 0.5) is 5.69 Å². The summed E-state index contributed by atoms with van der Waals surface area (Å²) >= 11 is 0.